The fourth-order valence-electron chi connectivity index (χ4n) is 6.62. The van der Waals surface area contributed by atoms with Crippen molar-refractivity contribution in [2.24, 2.45) is 28.6 Å². The number of carbonyl (C=O) groups is 2. The second kappa shape index (κ2) is 4.58. The third-order valence-electron chi connectivity index (χ3n) is 7.17. The number of Topliss-reactive ketones (excluding diaryl/α,β-unsaturated/α-hetero) is 1. The Hall–Kier alpha value is -1.02. The van der Waals surface area contributed by atoms with E-state index in [1.165, 1.54) is 0 Å². The Balaban J connectivity index is 1.73. The minimum absolute atomic E-state index is 0.0485. The lowest BCUT2D eigenvalue weighted by molar-refractivity contribution is -0.152. The minimum Gasteiger partial charge on any atom is -0.469 e. The van der Waals surface area contributed by atoms with Crippen molar-refractivity contribution < 1.29 is 31.7 Å². The van der Waals surface area contributed by atoms with Crippen LogP contribution in [0.3, 0.4) is 0 Å². The SMILES string of the molecule is COC(=O)CC(F)(C(=O)C12CC3CC4CC(C3)(C1)C4C2)S(=O)(=O)O. The molecular weight excluding hydrogens is 339 g/mol. The predicted molar refractivity (Wildman–Crippen MR) is 80.1 cm³/mol. The van der Waals surface area contributed by atoms with Gasteiger partial charge in [0.05, 0.1) is 7.11 Å². The molecule has 5 aliphatic rings. The molecule has 0 aromatic carbocycles. The molecule has 0 amide bonds. The first-order valence-electron chi connectivity index (χ1n) is 8.33. The van der Waals surface area contributed by atoms with Gasteiger partial charge < -0.3 is 4.74 Å². The Bertz CT molecular complexity index is 733. The Morgan fingerprint density at radius 1 is 1.29 bits per heavy atom. The van der Waals surface area contributed by atoms with Gasteiger partial charge in [-0.25, -0.2) is 4.39 Å². The van der Waals surface area contributed by atoms with E-state index in [0.29, 0.717) is 37.0 Å². The van der Waals surface area contributed by atoms with E-state index < -0.39 is 38.7 Å². The fourth-order valence-corrected chi connectivity index (χ4v) is 7.37. The molecule has 0 aliphatic heterocycles. The van der Waals surface area contributed by atoms with Crippen LogP contribution >= 0.6 is 0 Å². The zero-order chi connectivity index (χ0) is 17.5. The highest BCUT2D eigenvalue weighted by molar-refractivity contribution is 7.88. The van der Waals surface area contributed by atoms with Gasteiger partial charge in [0.25, 0.3) is 0 Å². The molecule has 6 atom stereocenters. The van der Waals surface area contributed by atoms with Crippen molar-refractivity contribution in [3.63, 3.8) is 0 Å². The highest BCUT2D eigenvalue weighted by Gasteiger charge is 2.74. The number of halogens is 1. The summed E-state index contributed by atoms with van der Waals surface area (Å²) in [6.45, 7) is 0. The summed E-state index contributed by atoms with van der Waals surface area (Å²) in [5.41, 5.74) is -1.02. The topological polar surface area (TPSA) is 97.7 Å². The molecule has 0 saturated heterocycles. The highest BCUT2D eigenvalue weighted by Crippen LogP contribution is 2.78. The van der Waals surface area contributed by atoms with E-state index in [-0.39, 0.29) is 5.41 Å². The number of ketones is 1. The summed E-state index contributed by atoms with van der Waals surface area (Å²) < 4.78 is 52.4. The monoisotopic (exact) mass is 360 g/mol. The molecule has 5 rings (SSSR count). The fraction of sp³-hybridized carbons (Fsp3) is 0.875. The number of hydrogen-bond donors (Lipinski definition) is 1. The van der Waals surface area contributed by atoms with E-state index in [4.69, 9.17) is 0 Å². The summed E-state index contributed by atoms with van der Waals surface area (Å²) in [5.74, 6) is -1.09. The van der Waals surface area contributed by atoms with Gasteiger partial charge in [0.2, 0.25) is 0 Å². The number of methoxy groups -OCH3 is 1. The first-order chi connectivity index (χ1) is 11.1. The second-order valence-corrected chi connectivity index (χ2v) is 9.99. The number of esters is 1. The Morgan fingerprint density at radius 2 is 2.00 bits per heavy atom. The number of carbonyl (C=O) groups excluding carboxylic acids is 2. The number of rotatable bonds is 5. The molecule has 0 aromatic rings. The van der Waals surface area contributed by atoms with Gasteiger partial charge in [-0.1, -0.05) is 0 Å². The van der Waals surface area contributed by atoms with Crippen LogP contribution in [0.5, 0.6) is 0 Å². The minimum atomic E-state index is -5.39. The largest absolute Gasteiger partial charge is 0.469 e. The van der Waals surface area contributed by atoms with Gasteiger partial charge >= 0.3 is 21.1 Å². The number of hydrogen-bond acceptors (Lipinski definition) is 5. The van der Waals surface area contributed by atoms with E-state index in [1.54, 1.807) is 0 Å². The molecule has 0 aromatic heterocycles. The first-order valence-corrected chi connectivity index (χ1v) is 9.77. The molecule has 5 aliphatic carbocycles. The summed E-state index contributed by atoms with van der Waals surface area (Å²) in [6, 6.07) is 0. The standard InChI is InChI=1S/C16H21FO6S/c1-23-12(18)7-16(17,24(20,21)22)13(19)15-4-9-2-10-5-14(3-9,8-15)11(10)6-15/h9-11H,2-8H2,1H3,(H,20,21,22). The zero-order valence-electron chi connectivity index (χ0n) is 13.5. The van der Waals surface area contributed by atoms with Gasteiger partial charge in [-0.05, 0) is 61.7 Å². The zero-order valence-corrected chi connectivity index (χ0v) is 14.3. The molecule has 5 fully saturated rings. The second-order valence-electron chi connectivity index (χ2n) is 8.39. The first kappa shape index (κ1) is 16.4. The van der Waals surface area contributed by atoms with Gasteiger partial charge in [0, 0.05) is 5.41 Å². The van der Waals surface area contributed by atoms with Crippen LogP contribution in [0.15, 0.2) is 0 Å². The maximum Gasteiger partial charge on any atom is 0.310 e. The summed E-state index contributed by atoms with van der Waals surface area (Å²) in [7, 11) is -4.40. The quantitative estimate of drug-likeness (QED) is 0.594. The van der Waals surface area contributed by atoms with Crippen LogP contribution in [0.2, 0.25) is 0 Å². The summed E-state index contributed by atoms with van der Waals surface area (Å²) in [6.07, 6.45) is 3.21. The molecule has 1 spiro atoms. The van der Waals surface area contributed by atoms with Crippen molar-refractivity contribution in [3.05, 3.63) is 0 Å². The third-order valence-corrected chi connectivity index (χ3v) is 8.31. The maximum atomic E-state index is 15.3. The average molecular weight is 360 g/mol. The smallest absolute Gasteiger partial charge is 0.310 e. The summed E-state index contributed by atoms with van der Waals surface area (Å²) in [4.78, 5) is 24.5. The van der Waals surface area contributed by atoms with Crippen LogP contribution in [0, 0.1) is 28.6 Å². The van der Waals surface area contributed by atoms with E-state index in [1.807, 2.05) is 0 Å². The molecule has 5 saturated carbocycles. The van der Waals surface area contributed by atoms with Crippen molar-refractivity contribution >= 4 is 21.9 Å². The normalized spacial score (nSPS) is 44.5. The molecule has 0 heterocycles. The van der Waals surface area contributed by atoms with Crippen LogP contribution in [-0.2, 0) is 24.4 Å². The van der Waals surface area contributed by atoms with Crippen LogP contribution in [0.1, 0.15) is 44.9 Å². The molecule has 8 heteroatoms. The van der Waals surface area contributed by atoms with Gasteiger partial charge in [-0.3, -0.25) is 14.1 Å². The van der Waals surface area contributed by atoms with Crippen molar-refractivity contribution in [2.45, 2.75) is 49.9 Å². The van der Waals surface area contributed by atoms with Gasteiger partial charge in [0.15, 0.2) is 5.78 Å². The van der Waals surface area contributed by atoms with Crippen LogP contribution in [0.4, 0.5) is 4.39 Å². The number of ether oxygens (including phenoxy) is 1. The number of fused-ring (bicyclic) bond motifs is 1. The molecular formula is C16H21FO6S. The molecule has 1 N–H and O–H groups in total. The predicted octanol–water partition coefficient (Wildman–Crippen LogP) is 1.89. The Labute approximate surface area is 139 Å². The molecule has 0 radical (unpaired) electrons. The van der Waals surface area contributed by atoms with E-state index in [9.17, 15) is 22.6 Å². The summed E-state index contributed by atoms with van der Waals surface area (Å²) in [5, 5.41) is -3.62. The van der Waals surface area contributed by atoms with Crippen molar-refractivity contribution in [3.8, 4) is 0 Å². The lowest BCUT2D eigenvalue weighted by Crippen LogP contribution is -2.55. The summed E-state index contributed by atoms with van der Waals surface area (Å²) >= 11 is 0. The average Bonchev–Trinajstić information content (AvgIpc) is 2.60. The number of alkyl halides is 1. The van der Waals surface area contributed by atoms with Crippen molar-refractivity contribution in [1.29, 1.82) is 0 Å². The molecule has 24 heavy (non-hydrogen) atoms. The van der Waals surface area contributed by atoms with Gasteiger partial charge in [-0.2, -0.15) is 8.42 Å². The highest BCUT2D eigenvalue weighted by atomic mass is 32.2. The van der Waals surface area contributed by atoms with Crippen LogP contribution < -0.4 is 0 Å². The van der Waals surface area contributed by atoms with E-state index in [0.717, 1.165) is 26.4 Å². The lowest BCUT2D eigenvalue weighted by Gasteiger charge is -2.60. The maximum absolute atomic E-state index is 15.3. The Morgan fingerprint density at radius 3 is 2.62 bits per heavy atom. The van der Waals surface area contributed by atoms with E-state index in [2.05, 4.69) is 4.74 Å². The lowest BCUT2D eigenvalue weighted by atomic mass is 9.44. The third kappa shape index (κ3) is 1.87. The molecule has 6 nitrogen and oxygen atoms in total. The van der Waals surface area contributed by atoms with Gasteiger partial charge in [-0.15, -0.1) is 0 Å². The van der Waals surface area contributed by atoms with E-state index >= 15 is 4.39 Å². The van der Waals surface area contributed by atoms with Gasteiger partial charge in [0.1, 0.15) is 6.42 Å². The van der Waals surface area contributed by atoms with Crippen LogP contribution in [-0.4, -0.2) is 36.8 Å². The van der Waals surface area contributed by atoms with Crippen LogP contribution in [0.25, 0.3) is 0 Å². The van der Waals surface area contributed by atoms with Crippen molar-refractivity contribution in [2.75, 3.05) is 7.11 Å². The molecule has 134 valence electrons. The Kier molecular flexibility index (Phi) is 3.14. The molecule has 6 unspecified atom stereocenters. The molecule has 4 bridgehead atoms. The van der Waals surface area contributed by atoms with Crippen molar-refractivity contribution in [1.82, 2.24) is 0 Å².